The number of benzene rings is 2. The molecule has 0 unspecified atom stereocenters. The maximum atomic E-state index is 12.9. The molecule has 1 aromatic heterocycles. The second kappa shape index (κ2) is 5.81. The normalized spacial score (nSPS) is 16.1. The number of aromatic nitrogens is 1. The summed E-state index contributed by atoms with van der Waals surface area (Å²) < 4.78 is 0. The van der Waals surface area contributed by atoms with Crippen LogP contribution in [0.15, 0.2) is 72.9 Å². The molecule has 0 aliphatic carbocycles. The third kappa shape index (κ3) is 2.33. The molecule has 1 aliphatic heterocycles. The molecule has 0 radical (unpaired) electrons. The van der Waals surface area contributed by atoms with Gasteiger partial charge in [0.25, 0.3) is 5.91 Å². The molecule has 0 fully saturated rings. The number of hydrogen-bond donors (Lipinski definition) is 1. The molecule has 4 nitrogen and oxygen atoms in total. The number of pyridine rings is 1. The van der Waals surface area contributed by atoms with E-state index in [2.05, 4.69) is 23.3 Å². The Labute approximate surface area is 140 Å². The van der Waals surface area contributed by atoms with Crippen LogP contribution in [0.3, 0.4) is 0 Å². The van der Waals surface area contributed by atoms with Crippen molar-refractivity contribution in [1.29, 1.82) is 0 Å². The van der Waals surface area contributed by atoms with Crippen LogP contribution in [0.2, 0.25) is 0 Å². The van der Waals surface area contributed by atoms with Crippen molar-refractivity contribution in [1.82, 2.24) is 4.98 Å². The van der Waals surface area contributed by atoms with E-state index in [1.54, 1.807) is 11.1 Å². The standard InChI is InChI=1S/C20H17N3O/c1-14-8-2-5-11-17(14)22-19-15-9-3-4-10-16(15)20(24)23(19)18-12-6-7-13-21-18/h2-13,19,22H,1H3/t19-/m1/s1. The molecule has 4 heteroatoms. The number of nitrogens with one attached hydrogen (secondary N) is 1. The van der Waals surface area contributed by atoms with Gasteiger partial charge in [-0.05, 0) is 36.8 Å². The lowest BCUT2D eigenvalue weighted by molar-refractivity contribution is 0.0992. The van der Waals surface area contributed by atoms with E-state index in [1.807, 2.05) is 60.7 Å². The number of fused-ring (bicyclic) bond motifs is 1. The Morgan fingerprint density at radius 3 is 2.50 bits per heavy atom. The number of anilines is 2. The van der Waals surface area contributed by atoms with Gasteiger partial charge >= 0.3 is 0 Å². The third-order valence-corrected chi connectivity index (χ3v) is 4.30. The van der Waals surface area contributed by atoms with E-state index in [4.69, 9.17) is 0 Å². The lowest BCUT2D eigenvalue weighted by Crippen LogP contribution is -2.33. The SMILES string of the molecule is Cc1ccccc1N[C@H]1c2ccccc2C(=O)N1c1ccccn1. The van der Waals surface area contributed by atoms with Crippen LogP contribution in [-0.2, 0) is 0 Å². The summed E-state index contributed by atoms with van der Waals surface area (Å²) in [5.41, 5.74) is 3.83. The Hall–Kier alpha value is -3.14. The summed E-state index contributed by atoms with van der Waals surface area (Å²) in [5, 5.41) is 3.51. The van der Waals surface area contributed by atoms with E-state index < -0.39 is 0 Å². The highest BCUT2D eigenvalue weighted by molar-refractivity contribution is 6.11. The van der Waals surface area contributed by atoms with E-state index in [-0.39, 0.29) is 12.1 Å². The average Bonchev–Trinajstić information content (AvgIpc) is 2.90. The molecule has 24 heavy (non-hydrogen) atoms. The van der Waals surface area contributed by atoms with Gasteiger partial charge in [0.2, 0.25) is 0 Å². The van der Waals surface area contributed by atoms with Gasteiger partial charge in [-0.2, -0.15) is 0 Å². The van der Waals surface area contributed by atoms with Gasteiger partial charge in [-0.15, -0.1) is 0 Å². The number of carbonyl (C=O) groups is 1. The van der Waals surface area contributed by atoms with E-state index in [0.29, 0.717) is 11.4 Å². The van der Waals surface area contributed by atoms with Crippen molar-refractivity contribution in [3.05, 3.63) is 89.6 Å². The van der Waals surface area contributed by atoms with Crippen LogP contribution in [-0.4, -0.2) is 10.9 Å². The fraction of sp³-hybridized carbons (Fsp3) is 0.100. The zero-order chi connectivity index (χ0) is 16.5. The molecule has 1 atom stereocenters. The smallest absolute Gasteiger partial charge is 0.261 e. The maximum absolute atomic E-state index is 12.9. The molecule has 1 N–H and O–H groups in total. The van der Waals surface area contributed by atoms with Gasteiger partial charge in [0.1, 0.15) is 12.0 Å². The number of hydrogen-bond acceptors (Lipinski definition) is 3. The van der Waals surface area contributed by atoms with Crippen molar-refractivity contribution in [3.63, 3.8) is 0 Å². The van der Waals surface area contributed by atoms with Gasteiger partial charge in [0, 0.05) is 23.0 Å². The Morgan fingerprint density at radius 1 is 0.958 bits per heavy atom. The lowest BCUT2D eigenvalue weighted by Gasteiger charge is -2.26. The molecule has 1 amide bonds. The van der Waals surface area contributed by atoms with Crippen molar-refractivity contribution in [2.24, 2.45) is 0 Å². The van der Waals surface area contributed by atoms with Gasteiger partial charge in [0.15, 0.2) is 0 Å². The molecule has 2 aromatic carbocycles. The second-order valence-electron chi connectivity index (χ2n) is 5.81. The molecule has 1 aliphatic rings. The van der Waals surface area contributed by atoms with E-state index >= 15 is 0 Å². The third-order valence-electron chi connectivity index (χ3n) is 4.30. The van der Waals surface area contributed by atoms with Crippen molar-refractivity contribution in [2.45, 2.75) is 13.1 Å². The number of carbonyl (C=O) groups excluding carboxylic acids is 1. The van der Waals surface area contributed by atoms with E-state index in [0.717, 1.165) is 16.8 Å². The van der Waals surface area contributed by atoms with E-state index in [1.165, 1.54) is 0 Å². The second-order valence-corrected chi connectivity index (χ2v) is 5.81. The zero-order valence-corrected chi connectivity index (χ0v) is 13.3. The van der Waals surface area contributed by atoms with Gasteiger partial charge in [0.05, 0.1) is 0 Å². The maximum Gasteiger partial charge on any atom is 0.261 e. The predicted molar refractivity (Wildman–Crippen MR) is 95.0 cm³/mol. The highest BCUT2D eigenvalue weighted by atomic mass is 16.2. The summed E-state index contributed by atoms with van der Waals surface area (Å²) in [5.74, 6) is 0.611. The summed E-state index contributed by atoms with van der Waals surface area (Å²) in [6.07, 6.45) is 1.43. The summed E-state index contributed by atoms with van der Waals surface area (Å²) in [6.45, 7) is 2.05. The molecule has 0 saturated carbocycles. The van der Waals surface area contributed by atoms with Gasteiger partial charge in [-0.3, -0.25) is 9.69 Å². The first kappa shape index (κ1) is 14.5. The molecule has 118 valence electrons. The monoisotopic (exact) mass is 315 g/mol. The lowest BCUT2D eigenvalue weighted by atomic mass is 10.1. The van der Waals surface area contributed by atoms with Crippen LogP contribution in [0.1, 0.15) is 27.7 Å². The van der Waals surface area contributed by atoms with E-state index in [9.17, 15) is 4.79 Å². The quantitative estimate of drug-likeness (QED) is 0.789. The Morgan fingerprint density at radius 2 is 1.71 bits per heavy atom. The molecule has 0 saturated heterocycles. The van der Waals surface area contributed by atoms with Crippen LogP contribution in [0, 0.1) is 6.92 Å². The van der Waals surface area contributed by atoms with Crippen molar-refractivity contribution < 1.29 is 4.79 Å². The summed E-state index contributed by atoms with van der Waals surface area (Å²) >= 11 is 0. The molecule has 3 aromatic rings. The fourth-order valence-electron chi connectivity index (χ4n) is 3.07. The van der Waals surface area contributed by atoms with Crippen LogP contribution >= 0.6 is 0 Å². The minimum atomic E-state index is -0.273. The van der Waals surface area contributed by atoms with Crippen molar-refractivity contribution in [3.8, 4) is 0 Å². The van der Waals surface area contributed by atoms with Crippen LogP contribution in [0.25, 0.3) is 0 Å². The highest BCUT2D eigenvalue weighted by Crippen LogP contribution is 2.37. The topological polar surface area (TPSA) is 45.2 Å². The number of rotatable bonds is 3. The molecule has 0 spiro atoms. The average molecular weight is 315 g/mol. The molecule has 2 heterocycles. The summed E-state index contributed by atoms with van der Waals surface area (Å²) in [7, 11) is 0. The first-order chi connectivity index (χ1) is 11.8. The van der Waals surface area contributed by atoms with Crippen LogP contribution in [0.4, 0.5) is 11.5 Å². The number of para-hydroxylation sites is 1. The van der Waals surface area contributed by atoms with Crippen molar-refractivity contribution >= 4 is 17.4 Å². The molecule has 4 rings (SSSR count). The summed E-state index contributed by atoms with van der Waals surface area (Å²) in [4.78, 5) is 19.0. The van der Waals surface area contributed by atoms with Gasteiger partial charge < -0.3 is 5.32 Å². The number of aryl methyl sites for hydroxylation is 1. The molecular formula is C20H17N3O. The molecular weight excluding hydrogens is 298 g/mol. The van der Waals surface area contributed by atoms with Crippen molar-refractivity contribution in [2.75, 3.05) is 10.2 Å². The van der Waals surface area contributed by atoms with Crippen LogP contribution in [0.5, 0.6) is 0 Å². The summed E-state index contributed by atoms with van der Waals surface area (Å²) in [6, 6.07) is 21.4. The first-order valence-corrected chi connectivity index (χ1v) is 7.91. The van der Waals surface area contributed by atoms with Gasteiger partial charge in [-0.25, -0.2) is 4.98 Å². The Kier molecular flexibility index (Phi) is 3.50. The Bertz CT molecular complexity index is 892. The minimum Gasteiger partial charge on any atom is -0.361 e. The van der Waals surface area contributed by atoms with Gasteiger partial charge in [-0.1, -0.05) is 42.5 Å². The predicted octanol–water partition coefficient (Wildman–Crippen LogP) is 4.16. The fourth-order valence-corrected chi connectivity index (χ4v) is 3.07. The van der Waals surface area contributed by atoms with Crippen LogP contribution < -0.4 is 10.2 Å². The molecule has 0 bridgehead atoms. The number of amides is 1. The Balaban J connectivity index is 1.81. The minimum absolute atomic E-state index is 0.0321. The zero-order valence-electron chi connectivity index (χ0n) is 13.3. The first-order valence-electron chi connectivity index (χ1n) is 7.91. The highest BCUT2D eigenvalue weighted by Gasteiger charge is 2.38. The number of nitrogens with zero attached hydrogens (tertiary/aromatic N) is 2. The largest absolute Gasteiger partial charge is 0.361 e.